The molecule has 0 spiro atoms. The molecule has 23 heavy (non-hydrogen) atoms. The lowest BCUT2D eigenvalue weighted by Crippen LogP contribution is -2.46. The fraction of sp³-hybridized carbons (Fsp3) is 0.588. The Labute approximate surface area is 143 Å². The highest BCUT2D eigenvalue weighted by Gasteiger charge is 2.33. The Morgan fingerprint density at radius 3 is 2.52 bits per heavy atom. The zero-order valence-corrected chi connectivity index (χ0v) is 14.9. The van der Waals surface area contributed by atoms with Crippen molar-refractivity contribution in [2.75, 3.05) is 44.0 Å². The first-order valence-electron chi connectivity index (χ1n) is 8.04. The maximum atomic E-state index is 12.4. The predicted molar refractivity (Wildman–Crippen MR) is 95.4 cm³/mol. The molecule has 2 amide bonds. The van der Waals surface area contributed by atoms with E-state index in [0.29, 0.717) is 23.8 Å². The van der Waals surface area contributed by atoms with Gasteiger partial charge in [-0.2, -0.15) is 0 Å². The van der Waals surface area contributed by atoms with Crippen LogP contribution < -0.4 is 10.2 Å². The Kier molecular flexibility index (Phi) is 5.76. The second kappa shape index (κ2) is 7.41. The highest BCUT2D eigenvalue weighted by atomic mass is 35.5. The molecule has 128 valence electrons. The molecule has 0 bridgehead atoms. The molecule has 0 unspecified atom stereocenters. The van der Waals surface area contributed by atoms with Crippen molar-refractivity contribution in [3.63, 3.8) is 0 Å². The van der Waals surface area contributed by atoms with Crippen molar-refractivity contribution in [1.82, 2.24) is 4.90 Å². The predicted octanol–water partition coefficient (Wildman–Crippen LogP) is 3.42. The number of anilines is 2. The highest BCUT2D eigenvalue weighted by molar-refractivity contribution is 6.33. The van der Waals surface area contributed by atoms with Crippen LogP contribution in [0.2, 0.25) is 5.02 Å². The number of carbonyl (C=O) groups excluding carboxylic acids is 1. The molecule has 6 heteroatoms. The number of aliphatic hydroxyl groups excluding tert-OH is 1. The zero-order valence-electron chi connectivity index (χ0n) is 14.1. The summed E-state index contributed by atoms with van der Waals surface area (Å²) < 4.78 is 0. The average Bonchev–Trinajstić information content (AvgIpc) is 2.54. The van der Waals surface area contributed by atoms with E-state index in [1.165, 1.54) is 0 Å². The van der Waals surface area contributed by atoms with Gasteiger partial charge in [0.25, 0.3) is 0 Å². The molecular weight excluding hydrogens is 314 g/mol. The summed E-state index contributed by atoms with van der Waals surface area (Å²) >= 11 is 6.23. The quantitative estimate of drug-likeness (QED) is 0.883. The summed E-state index contributed by atoms with van der Waals surface area (Å²) in [4.78, 5) is 16.1. The van der Waals surface area contributed by atoms with E-state index in [1.54, 1.807) is 11.0 Å². The van der Waals surface area contributed by atoms with Crippen LogP contribution in [0.1, 0.15) is 26.2 Å². The fourth-order valence-corrected chi connectivity index (χ4v) is 3.31. The number of carbonyl (C=O) groups is 1. The Balaban J connectivity index is 1.97. The molecule has 0 saturated carbocycles. The first-order valence-corrected chi connectivity index (χ1v) is 8.42. The molecule has 2 rings (SSSR count). The molecule has 0 aliphatic carbocycles. The van der Waals surface area contributed by atoms with Crippen LogP contribution in [0.4, 0.5) is 16.2 Å². The number of aliphatic hydroxyl groups is 1. The first-order chi connectivity index (χ1) is 10.9. The molecule has 1 fully saturated rings. The van der Waals surface area contributed by atoms with E-state index in [-0.39, 0.29) is 18.1 Å². The number of rotatable bonds is 4. The van der Waals surface area contributed by atoms with Gasteiger partial charge in [0.1, 0.15) is 0 Å². The number of halogens is 1. The SMILES string of the molecule is CCC1(CO)CCN(C(=O)Nc2ccc(N(C)C)c(Cl)c2)CC1. The third-order valence-corrected chi connectivity index (χ3v) is 5.18. The van der Waals surface area contributed by atoms with Crippen LogP contribution in [0.25, 0.3) is 0 Å². The summed E-state index contributed by atoms with van der Waals surface area (Å²) in [6.45, 7) is 3.63. The summed E-state index contributed by atoms with van der Waals surface area (Å²) in [5, 5.41) is 13.1. The van der Waals surface area contributed by atoms with E-state index in [0.717, 1.165) is 24.9 Å². The third-order valence-electron chi connectivity index (χ3n) is 4.88. The maximum absolute atomic E-state index is 12.4. The van der Waals surface area contributed by atoms with Crippen LogP contribution in [-0.4, -0.2) is 49.8 Å². The third kappa shape index (κ3) is 4.09. The Bertz CT molecular complexity index is 549. The lowest BCUT2D eigenvalue weighted by atomic mass is 9.77. The molecule has 1 aliphatic rings. The van der Waals surface area contributed by atoms with Gasteiger partial charge in [0.05, 0.1) is 10.7 Å². The number of likely N-dealkylation sites (tertiary alicyclic amines) is 1. The van der Waals surface area contributed by atoms with Gasteiger partial charge in [-0.15, -0.1) is 0 Å². The van der Waals surface area contributed by atoms with Crippen LogP contribution in [0, 0.1) is 5.41 Å². The van der Waals surface area contributed by atoms with Crippen LogP contribution >= 0.6 is 11.6 Å². The van der Waals surface area contributed by atoms with Gasteiger partial charge in [-0.25, -0.2) is 4.79 Å². The summed E-state index contributed by atoms with van der Waals surface area (Å²) in [5.41, 5.74) is 1.59. The van der Waals surface area contributed by atoms with Crippen LogP contribution in [0.5, 0.6) is 0 Å². The van der Waals surface area contributed by atoms with E-state index < -0.39 is 0 Å². The number of nitrogens with zero attached hydrogens (tertiary/aromatic N) is 2. The van der Waals surface area contributed by atoms with E-state index >= 15 is 0 Å². The van der Waals surface area contributed by atoms with Gasteiger partial charge >= 0.3 is 6.03 Å². The van der Waals surface area contributed by atoms with E-state index in [4.69, 9.17) is 11.6 Å². The second-order valence-electron chi connectivity index (χ2n) is 6.49. The van der Waals surface area contributed by atoms with Gasteiger partial charge in [-0.05, 0) is 42.9 Å². The minimum Gasteiger partial charge on any atom is -0.396 e. The molecule has 1 saturated heterocycles. The van der Waals surface area contributed by atoms with E-state index in [2.05, 4.69) is 12.2 Å². The van der Waals surface area contributed by atoms with Crippen LogP contribution in [-0.2, 0) is 0 Å². The Hall–Kier alpha value is -1.46. The molecule has 0 atom stereocenters. The van der Waals surface area contributed by atoms with Crippen molar-refractivity contribution < 1.29 is 9.90 Å². The number of hydrogen-bond donors (Lipinski definition) is 2. The minimum absolute atomic E-state index is 0.0204. The number of nitrogens with one attached hydrogen (secondary N) is 1. The molecule has 5 nitrogen and oxygen atoms in total. The van der Waals surface area contributed by atoms with Crippen LogP contribution in [0.3, 0.4) is 0 Å². The van der Waals surface area contributed by atoms with Gasteiger partial charge in [0.2, 0.25) is 0 Å². The van der Waals surface area contributed by atoms with Gasteiger partial charge < -0.3 is 20.2 Å². The number of piperidine rings is 1. The van der Waals surface area contributed by atoms with Crippen molar-refractivity contribution in [3.05, 3.63) is 23.2 Å². The number of urea groups is 1. The second-order valence-corrected chi connectivity index (χ2v) is 6.90. The van der Waals surface area contributed by atoms with E-state index in [1.807, 2.05) is 31.1 Å². The Morgan fingerprint density at radius 1 is 1.39 bits per heavy atom. The lowest BCUT2D eigenvalue weighted by molar-refractivity contribution is 0.0542. The summed E-state index contributed by atoms with van der Waals surface area (Å²) in [6.07, 6.45) is 2.63. The summed E-state index contributed by atoms with van der Waals surface area (Å²) in [7, 11) is 3.85. The summed E-state index contributed by atoms with van der Waals surface area (Å²) in [6, 6.07) is 5.40. The van der Waals surface area contributed by atoms with Crippen molar-refractivity contribution in [3.8, 4) is 0 Å². The smallest absolute Gasteiger partial charge is 0.321 e. The highest BCUT2D eigenvalue weighted by Crippen LogP contribution is 2.34. The Morgan fingerprint density at radius 2 is 2.04 bits per heavy atom. The maximum Gasteiger partial charge on any atom is 0.321 e. The minimum atomic E-state index is -0.110. The van der Waals surface area contributed by atoms with Crippen molar-refractivity contribution in [2.24, 2.45) is 5.41 Å². The number of benzene rings is 1. The largest absolute Gasteiger partial charge is 0.396 e. The molecular formula is C17H26ClN3O2. The summed E-state index contributed by atoms with van der Waals surface area (Å²) in [5.74, 6) is 0. The molecule has 2 N–H and O–H groups in total. The molecule has 1 aromatic carbocycles. The topological polar surface area (TPSA) is 55.8 Å². The molecule has 1 heterocycles. The van der Waals surface area contributed by atoms with Crippen LogP contribution in [0.15, 0.2) is 18.2 Å². The number of amides is 2. The van der Waals surface area contributed by atoms with Gasteiger partial charge in [0.15, 0.2) is 0 Å². The first kappa shape index (κ1) is 17.9. The number of hydrogen-bond acceptors (Lipinski definition) is 3. The van der Waals surface area contributed by atoms with E-state index in [9.17, 15) is 9.90 Å². The van der Waals surface area contributed by atoms with Gasteiger partial charge in [-0.1, -0.05) is 18.5 Å². The van der Waals surface area contributed by atoms with Crippen molar-refractivity contribution in [2.45, 2.75) is 26.2 Å². The molecule has 1 aromatic rings. The van der Waals surface area contributed by atoms with Crippen molar-refractivity contribution >= 4 is 29.0 Å². The van der Waals surface area contributed by atoms with Gasteiger partial charge in [0, 0.05) is 39.5 Å². The van der Waals surface area contributed by atoms with Crippen molar-refractivity contribution in [1.29, 1.82) is 0 Å². The fourth-order valence-electron chi connectivity index (χ4n) is 2.96. The zero-order chi connectivity index (χ0) is 17.0. The molecule has 0 radical (unpaired) electrons. The van der Waals surface area contributed by atoms with Gasteiger partial charge in [-0.3, -0.25) is 0 Å². The average molecular weight is 340 g/mol. The normalized spacial score (nSPS) is 17.0. The lowest BCUT2D eigenvalue weighted by Gasteiger charge is -2.40. The molecule has 1 aliphatic heterocycles. The molecule has 0 aromatic heterocycles. The monoisotopic (exact) mass is 339 g/mol. The standard InChI is InChI=1S/C17H26ClN3O2/c1-4-17(12-22)7-9-21(10-8-17)16(23)19-13-5-6-15(20(2)3)14(18)11-13/h5-6,11,22H,4,7-10,12H2,1-3H3,(H,19,23).